The highest BCUT2D eigenvalue weighted by Gasteiger charge is 2.47. The minimum absolute atomic E-state index is 0.0543. The maximum atomic E-state index is 13.6. The lowest BCUT2D eigenvalue weighted by Gasteiger charge is -2.37. The number of aryl methyl sites for hydroxylation is 1. The molecule has 0 radical (unpaired) electrons. The molecule has 0 saturated heterocycles. The first-order valence-corrected chi connectivity index (χ1v) is 15.9. The van der Waals surface area contributed by atoms with Crippen molar-refractivity contribution in [2.24, 2.45) is 11.8 Å². The number of aromatic amines is 1. The number of Topliss-reactive ketones (excluding diaryl/α,β-unsaturated/α-hetero) is 1. The molecule has 4 aliphatic carbocycles. The number of H-pyrrole nitrogens is 1. The number of nitrogens with one attached hydrogen (secondary N) is 1. The Kier molecular flexibility index (Phi) is 9.67. The Morgan fingerprint density at radius 2 is 1.44 bits per heavy atom. The molecule has 1 heterocycles. The minimum atomic E-state index is -0.833. The summed E-state index contributed by atoms with van der Waals surface area (Å²) >= 11 is 0. The van der Waals surface area contributed by atoms with Gasteiger partial charge in [0.05, 0.1) is 22.6 Å². The van der Waals surface area contributed by atoms with Crippen LogP contribution in [0.4, 0.5) is 0 Å². The molecule has 0 spiro atoms. The van der Waals surface area contributed by atoms with E-state index in [0.717, 1.165) is 29.9 Å². The largest absolute Gasteiger partial charge is 0.511 e. The van der Waals surface area contributed by atoms with Crippen molar-refractivity contribution >= 4 is 34.5 Å². The summed E-state index contributed by atoms with van der Waals surface area (Å²) in [4.78, 5) is 76.6. The van der Waals surface area contributed by atoms with Gasteiger partial charge >= 0.3 is 0 Å². The number of nitrogens with zero attached hydrogens (tertiary/aromatic N) is 2. The van der Waals surface area contributed by atoms with Gasteiger partial charge in [-0.15, -0.1) is 0 Å². The van der Waals surface area contributed by atoms with Crippen LogP contribution < -0.4 is 5.56 Å². The number of carbonyl (C=O) groups excluding carboxylic acids is 5. The average Bonchev–Trinajstić information content (AvgIpc) is 3.36. The molecule has 0 aromatic carbocycles. The smallest absolute Gasteiger partial charge is 0.275 e. The summed E-state index contributed by atoms with van der Waals surface area (Å²) in [6, 6.07) is -0.320. The van der Waals surface area contributed by atoms with Gasteiger partial charge in [-0.05, 0) is 58.4 Å². The second-order valence-electron chi connectivity index (χ2n) is 13.0. The van der Waals surface area contributed by atoms with Crippen LogP contribution in [0.1, 0.15) is 45.9 Å². The lowest BCUT2D eigenvalue weighted by molar-refractivity contribution is -0.120. The monoisotopic (exact) mass is 657 g/mol. The summed E-state index contributed by atoms with van der Waals surface area (Å²) in [5.74, 6) is -3.34. The van der Waals surface area contributed by atoms with Crippen molar-refractivity contribution in [3.05, 3.63) is 99.1 Å². The number of aliphatic hydroxyl groups is 1. The normalized spacial score (nSPS) is 22.7. The molecule has 12 nitrogen and oxygen atoms in total. The number of carbonyl (C=O) groups is 5. The van der Waals surface area contributed by atoms with Gasteiger partial charge in [0.1, 0.15) is 19.0 Å². The summed E-state index contributed by atoms with van der Waals surface area (Å²) in [6.45, 7) is 10.0. The number of aromatic nitrogens is 2. The predicted octanol–water partition coefficient (Wildman–Crippen LogP) is 2.98. The second kappa shape index (κ2) is 13.6. The molecule has 3 atom stereocenters. The van der Waals surface area contributed by atoms with Crippen LogP contribution >= 0.6 is 0 Å². The molecular weight excluding hydrogens is 618 g/mol. The molecule has 252 valence electrons. The number of ether oxygens (including phenoxy) is 2. The number of rotatable bonds is 12. The van der Waals surface area contributed by atoms with Gasteiger partial charge in [-0.3, -0.25) is 38.8 Å². The van der Waals surface area contributed by atoms with Crippen LogP contribution in [0.25, 0.3) is 5.57 Å². The van der Waals surface area contributed by atoms with Gasteiger partial charge in [0.15, 0.2) is 28.9 Å². The standard InChI is InChI=1S/C36H39N3O9/c1-6-25-31(35(46)39(37-25)36(3,4)5)32-33(44)30(34(32)45)24-10-7-21(17-20(24)2)38(13-15-47-28-18-22(40)8-11-26(28)42)14-16-48-29-19-23(41)9-12-27(29)43/h7-12,17-19,21,24,30,37,44H,6,13-16H2,1-5H3. The number of hydrogen-bond donors (Lipinski definition) is 2. The van der Waals surface area contributed by atoms with Gasteiger partial charge in [0.25, 0.3) is 5.56 Å². The fourth-order valence-electron chi connectivity index (χ4n) is 6.12. The van der Waals surface area contributed by atoms with Gasteiger partial charge in [0.2, 0.25) is 11.6 Å². The van der Waals surface area contributed by atoms with Crippen molar-refractivity contribution in [1.82, 2.24) is 14.7 Å². The summed E-state index contributed by atoms with van der Waals surface area (Å²) in [6.07, 6.45) is 13.1. The third-order valence-electron chi connectivity index (χ3n) is 8.68. The zero-order chi connectivity index (χ0) is 34.9. The van der Waals surface area contributed by atoms with E-state index in [4.69, 9.17) is 9.47 Å². The van der Waals surface area contributed by atoms with Crippen molar-refractivity contribution in [3.8, 4) is 0 Å². The van der Waals surface area contributed by atoms with Crippen molar-refractivity contribution < 1.29 is 38.6 Å². The van der Waals surface area contributed by atoms with Crippen LogP contribution in [-0.4, -0.2) is 81.0 Å². The lowest BCUT2D eigenvalue weighted by Crippen LogP contribution is -2.42. The van der Waals surface area contributed by atoms with Gasteiger partial charge in [0, 0.05) is 42.9 Å². The molecule has 5 rings (SSSR count). The van der Waals surface area contributed by atoms with Gasteiger partial charge in [-0.1, -0.05) is 30.7 Å². The van der Waals surface area contributed by atoms with Gasteiger partial charge in [-0.2, -0.15) is 0 Å². The van der Waals surface area contributed by atoms with Crippen molar-refractivity contribution in [3.63, 3.8) is 0 Å². The highest BCUT2D eigenvalue weighted by Crippen LogP contribution is 2.44. The van der Waals surface area contributed by atoms with Gasteiger partial charge in [-0.25, -0.2) is 4.68 Å². The Morgan fingerprint density at radius 1 is 0.875 bits per heavy atom. The molecule has 4 aliphatic rings. The third-order valence-corrected chi connectivity index (χ3v) is 8.68. The Morgan fingerprint density at radius 3 is 1.92 bits per heavy atom. The van der Waals surface area contributed by atoms with Crippen LogP contribution in [0, 0.1) is 11.8 Å². The van der Waals surface area contributed by atoms with E-state index >= 15 is 0 Å². The molecule has 12 heteroatoms. The van der Waals surface area contributed by atoms with Crippen molar-refractivity contribution in [1.29, 1.82) is 0 Å². The molecule has 0 bridgehead atoms. The maximum absolute atomic E-state index is 13.6. The first-order chi connectivity index (χ1) is 22.7. The predicted molar refractivity (Wildman–Crippen MR) is 176 cm³/mol. The highest BCUT2D eigenvalue weighted by molar-refractivity contribution is 6.30. The maximum Gasteiger partial charge on any atom is 0.275 e. The molecule has 0 saturated carbocycles. The fourth-order valence-corrected chi connectivity index (χ4v) is 6.12. The third kappa shape index (κ3) is 6.79. The Bertz CT molecular complexity index is 1790. The van der Waals surface area contributed by atoms with E-state index in [1.807, 2.05) is 57.7 Å². The molecule has 1 aromatic heterocycles. The molecule has 0 fully saturated rings. The van der Waals surface area contributed by atoms with Crippen LogP contribution in [0.2, 0.25) is 0 Å². The topological polar surface area (TPSA) is 165 Å². The Hall–Kier alpha value is -5.10. The molecule has 0 amide bonds. The Balaban J connectivity index is 1.33. The fraction of sp³-hybridized carbons (Fsp3) is 0.389. The quantitative estimate of drug-likeness (QED) is 0.252. The molecule has 2 N–H and O–H groups in total. The van der Waals surface area contributed by atoms with Crippen LogP contribution in [0.3, 0.4) is 0 Å². The Labute approximate surface area is 277 Å². The first kappa shape index (κ1) is 34.2. The highest BCUT2D eigenvalue weighted by atomic mass is 16.5. The van der Waals surface area contributed by atoms with E-state index in [2.05, 4.69) is 5.10 Å². The summed E-state index contributed by atoms with van der Waals surface area (Å²) in [7, 11) is 0. The number of aliphatic hydroxyl groups excluding tert-OH is 1. The van der Waals surface area contributed by atoms with E-state index in [-0.39, 0.29) is 83.7 Å². The lowest BCUT2D eigenvalue weighted by atomic mass is 9.68. The van der Waals surface area contributed by atoms with Gasteiger partial charge < -0.3 is 14.6 Å². The van der Waals surface area contributed by atoms with Crippen LogP contribution in [0.5, 0.6) is 0 Å². The van der Waals surface area contributed by atoms with E-state index in [1.165, 1.54) is 16.8 Å². The minimum Gasteiger partial charge on any atom is -0.511 e. The summed E-state index contributed by atoms with van der Waals surface area (Å²) in [5.41, 5.74) is 0.781. The van der Waals surface area contributed by atoms with Crippen molar-refractivity contribution in [2.75, 3.05) is 26.3 Å². The summed E-state index contributed by atoms with van der Waals surface area (Å²) in [5, 5.41) is 14.3. The van der Waals surface area contributed by atoms with E-state index < -0.39 is 28.9 Å². The average molecular weight is 658 g/mol. The molecule has 3 unspecified atom stereocenters. The molecule has 1 aromatic rings. The zero-order valence-electron chi connectivity index (χ0n) is 27.6. The summed E-state index contributed by atoms with van der Waals surface area (Å²) < 4.78 is 12.8. The van der Waals surface area contributed by atoms with E-state index in [1.54, 1.807) is 0 Å². The molecular formula is C36H39N3O9. The number of allylic oxidation sites excluding steroid dienone is 10. The van der Waals surface area contributed by atoms with Crippen LogP contribution in [0.15, 0.2) is 82.3 Å². The number of ketones is 5. The van der Waals surface area contributed by atoms with E-state index in [9.17, 15) is 33.9 Å². The van der Waals surface area contributed by atoms with E-state index in [0.29, 0.717) is 12.1 Å². The number of hydrogen-bond acceptors (Lipinski definition) is 10. The first-order valence-electron chi connectivity index (χ1n) is 15.9. The molecule has 0 aliphatic heterocycles. The van der Waals surface area contributed by atoms with Crippen LogP contribution in [-0.2, 0) is 45.4 Å². The zero-order valence-corrected chi connectivity index (χ0v) is 27.6. The SMILES string of the molecule is CCc1[nH]n(C(C)(C)C)c(=O)c1C1=C(O)C(C2C=CC(N(CCOC3=CC(=O)C=CC3=O)CCOC3=CC(=O)C=CC3=O)C=C2C)C1=O. The second-order valence-corrected chi connectivity index (χ2v) is 13.0. The van der Waals surface area contributed by atoms with Crippen molar-refractivity contribution in [2.45, 2.75) is 52.6 Å². The molecule has 48 heavy (non-hydrogen) atoms.